The van der Waals surface area contributed by atoms with E-state index in [2.05, 4.69) is 26.3 Å². The fourth-order valence-corrected chi connectivity index (χ4v) is 2.25. The zero-order chi connectivity index (χ0) is 13.1. The summed E-state index contributed by atoms with van der Waals surface area (Å²) in [4.78, 5) is 16.0. The molecule has 0 saturated heterocycles. The first-order valence-electron chi connectivity index (χ1n) is 5.38. The fourth-order valence-electron chi connectivity index (χ4n) is 1.66. The Labute approximate surface area is 113 Å². The number of halogens is 1. The van der Waals surface area contributed by atoms with Gasteiger partial charge in [-0.1, -0.05) is 6.07 Å². The molecule has 0 amide bonds. The molecule has 0 atom stereocenters. The number of nitrogens with two attached hydrogens (primary N) is 1. The van der Waals surface area contributed by atoms with Crippen LogP contribution < -0.4 is 16.8 Å². The Balaban J connectivity index is 2.31. The van der Waals surface area contributed by atoms with Crippen molar-refractivity contribution in [2.24, 2.45) is 5.84 Å². The maximum absolute atomic E-state index is 11.9. The molecular weight excluding hydrogens is 296 g/mol. The summed E-state index contributed by atoms with van der Waals surface area (Å²) in [6, 6.07) is 5.45. The van der Waals surface area contributed by atoms with Crippen LogP contribution in [-0.2, 0) is 6.54 Å². The van der Waals surface area contributed by atoms with Gasteiger partial charge >= 0.3 is 0 Å². The van der Waals surface area contributed by atoms with Gasteiger partial charge in [-0.3, -0.25) is 4.79 Å². The first-order chi connectivity index (χ1) is 8.60. The van der Waals surface area contributed by atoms with Gasteiger partial charge in [-0.2, -0.15) is 0 Å². The molecule has 0 saturated carbocycles. The van der Waals surface area contributed by atoms with Crippen molar-refractivity contribution >= 4 is 21.7 Å². The van der Waals surface area contributed by atoms with Gasteiger partial charge in [-0.25, -0.2) is 10.8 Å². The zero-order valence-corrected chi connectivity index (χ0v) is 11.4. The van der Waals surface area contributed by atoms with Gasteiger partial charge in [-0.05, 0) is 40.5 Å². The summed E-state index contributed by atoms with van der Waals surface area (Å²) in [6.07, 6.45) is 3.46. The minimum atomic E-state index is -0.000716. The number of anilines is 1. The molecule has 2 rings (SSSR count). The topological polar surface area (TPSA) is 72.9 Å². The van der Waals surface area contributed by atoms with Crippen molar-refractivity contribution in [3.05, 3.63) is 56.5 Å². The molecule has 0 fully saturated rings. The van der Waals surface area contributed by atoms with E-state index < -0.39 is 0 Å². The van der Waals surface area contributed by atoms with Crippen molar-refractivity contribution in [3.8, 4) is 0 Å². The van der Waals surface area contributed by atoms with Crippen molar-refractivity contribution in [3.63, 3.8) is 0 Å². The smallest absolute Gasteiger partial charge is 0.253 e. The minimum Gasteiger partial charge on any atom is -0.310 e. The van der Waals surface area contributed by atoms with Gasteiger partial charge in [0, 0.05) is 22.4 Å². The van der Waals surface area contributed by atoms with Gasteiger partial charge in [0.25, 0.3) is 5.56 Å². The Bertz CT molecular complexity index is 606. The van der Waals surface area contributed by atoms with Crippen LogP contribution in [0.1, 0.15) is 11.1 Å². The molecule has 0 aliphatic heterocycles. The number of rotatable bonds is 3. The third-order valence-corrected chi connectivity index (χ3v) is 2.99. The van der Waals surface area contributed by atoms with E-state index in [9.17, 15) is 4.79 Å². The number of aromatic nitrogens is 2. The number of nitrogens with one attached hydrogen (secondary N) is 1. The summed E-state index contributed by atoms with van der Waals surface area (Å²) in [5.74, 6) is 5.84. The summed E-state index contributed by atoms with van der Waals surface area (Å²) in [6.45, 7) is 2.28. The maximum atomic E-state index is 11.9. The predicted octanol–water partition coefficient (Wildman–Crippen LogP) is 1.65. The van der Waals surface area contributed by atoms with Crippen molar-refractivity contribution in [1.82, 2.24) is 9.55 Å². The molecule has 2 aromatic heterocycles. The second-order valence-electron chi connectivity index (χ2n) is 3.97. The van der Waals surface area contributed by atoms with E-state index in [0.717, 1.165) is 10.0 Å². The fraction of sp³-hybridized carbons (Fsp3) is 0.167. The summed E-state index contributed by atoms with van der Waals surface area (Å²) < 4.78 is 2.53. The third kappa shape index (κ3) is 2.77. The van der Waals surface area contributed by atoms with Gasteiger partial charge in [0.2, 0.25) is 0 Å². The molecule has 0 aliphatic carbocycles. The van der Waals surface area contributed by atoms with Crippen LogP contribution in [-0.4, -0.2) is 9.55 Å². The Morgan fingerprint density at radius 3 is 2.89 bits per heavy atom. The standard InChI is InChI=1S/C12H13BrN4O/c1-8-4-10(13)7-17(12(8)18)6-9-2-3-11(16-14)15-5-9/h2-5,7H,6,14H2,1H3,(H,15,16). The van der Waals surface area contributed by atoms with Gasteiger partial charge < -0.3 is 9.99 Å². The van der Waals surface area contributed by atoms with Crippen LogP contribution in [0.2, 0.25) is 0 Å². The lowest BCUT2D eigenvalue weighted by molar-refractivity contribution is 0.746. The van der Waals surface area contributed by atoms with Crippen molar-refractivity contribution in [1.29, 1.82) is 0 Å². The largest absolute Gasteiger partial charge is 0.310 e. The van der Waals surface area contributed by atoms with Crippen molar-refractivity contribution in [2.75, 3.05) is 5.43 Å². The average molecular weight is 309 g/mol. The highest BCUT2D eigenvalue weighted by Gasteiger charge is 2.03. The second-order valence-corrected chi connectivity index (χ2v) is 4.89. The molecule has 6 heteroatoms. The number of nitrogen functional groups attached to an aromatic ring is 1. The normalized spacial score (nSPS) is 10.4. The Hall–Kier alpha value is -1.66. The molecule has 0 aliphatic rings. The molecular formula is C12H13BrN4O. The van der Waals surface area contributed by atoms with Crippen LogP contribution in [0.15, 0.2) is 39.9 Å². The minimum absolute atomic E-state index is 0.000716. The average Bonchev–Trinajstić information content (AvgIpc) is 2.36. The van der Waals surface area contributed by atoms with Gasteiger partial charge in [0.15, 0.2) is 0 Å². The second kappa shape index (κ2) is 5.32. The number of hydrazine groups is 1. The molecule has 2 aromatic rings. The molecule has 5 nitrogen and oxygen atoms in total. The molecule has 0 unspecified atom stereocenters. The Morgan fingerprint density at radius 1 is 1.50 bits per heavy atom. The van der Waals surface area contributed by atoms with Gasteiger partial charge in [0.1, 0.15) is 5.82 Å². The van der Waals surface area contributed by atoms with Crippen LogP contribution in [0, 0.1) is 6.92 Å². The highest BCUT2D eigenvalue weighted by molar-refractivity contribution is 9.10. The Kier molecular flexibility index (Phi) is 3.78. The van der Waals surface area contributed by atoms with Crippen LogP contribution in [0.3, 0.4) is 0 Å². The summed E-state index contributed by atoms with van der Waals surface area (Å²) in [7, 11) is 0. The molecule has 0 bridgehead atoms. The Morgan fingerprint density at radius 2 is 2.28 bits per heavy atom. The van der Waals surface area contributed by atoms with E-state index >= 15 is 0 Å². The van der Waals surface area contributed by atoms with Crippen LogP contribution in [0.5, 0.6) is 0 Å². The van der Waals surface area contributed by atoms with E-state index in [1.807, 2.05) is 6.07 Å². The molecule has 94 valence electrons. The van der Waals surface area contributed by atoms with Crippen molar-refractivity contribution in [2.45, 2.75) is 13.5 Å². The summed E-state index contributed by atoms with van der Waals surface area (Å²) in [5.41, 5.74) is 4.10. The van der Waals surface area contributed by atoms with E-state index in [1.165, 1.54) is 0 Å². The lowest BCUT2D eigenvalue weighted by Gasteiger charge is -2.08. The third-order valence-electron chi connectivity index (χ3n) is 2.56. The van der Waals surface area contributed by atoms with E-state index in [1.54, 1.807) is 36.0 Å². The maximum Gasteiger partial charge on any atom is 0.253 e. The lowest BCUT2D eigenvalue weighted by atomic mass is 10.2. The first-order valence-corrected chi connectivity index (χ1v) is 6.17. The quantitative estimate of drug-likeness (QED) is 0.668. The monoisotopic (exact) mass is 308 g/mol. The number of hydrogen-bond donors (Lipinski definition) is 2. The highest BCUT2D eigenvalue weighted by Crippen LogP contribution is 2.10. The van der Waals surface area contributed by atoms with Crippen LogP contribution >= 0.6 is 15.9 Å². The number of pyridine rings is 2. The van der Waals surface area contributed by atoms with E-state index in [4.69, 9.17) is 5.84 Å². The van der Waals surface area contributed by atoms with E-state index in [-0.39, 0.29) is 5.56 Å². The zero-order valence-electron chi connectivity index (χ0n) is 9.85. The van der Waals surface area contributed by atoms with Crippen molar-refractivity contribution < 1.29 is 0 Å². The molecule has 3 N–H and O–H groups in total. The highest BCUT2D eigenvalue weighted by atomic mass is 79.9. The van der Waals surface area contributed by atoms with Crippen LogP contribution in [0.4, 0.5) is 5.82 Å². The van der Waals surface area contributed by atoms with Crippen LogP contribution in [0.25, 0.3) is 0 Å². The first kappa shape index (κ1) is 12.8. The van der Waals surface area contributed by atoms with E-state index in [0.29, 0.717) is 17.9 Å². The van der Waals surface area contributed by atoms with Gasteiger partial charge in [0.05, 0.1) is 6.54 Å². The van der Waals surface area contributed by atoms with Gasteiger partial charge in [-0.15, -0.1) is 0 Å². The molecule has 0 radical (unpaired) electrons. The lowest BCUT2D eigenvalue weighted by Crippen LogP contribution is -2.22. The molecule has 2 heterocycles. The summed E-state index contributed by atoms with van der Waals surface area (Å²) in [5, 5.41) is 0. The molecule has 0 aromatic carbocycles. The predicted molar refractivity (Wildman–Crippen MR) is 74.3 cm³/mol. The number of nitrogens with zero attached hydrogens (tertiary/aromatic N) is 2. The SMILES string of the molecule is Cc1cc(Br)cn(Cc2ccc(NN)nc2)c1=O. The number of hydrogen-bond acceptors (Lipinski definition) is 4. The molecule has 0 spiro atoms. The number of aryl methyl sites for hydroxylation is 1. The summed E-state index contributed by atoms with van der Waals surface area (Å²) >= 11 is 3.38. The molecule has 18 heavy (non-hydrogen) atoms.